The summed E-state index contributed by atoms with van der Waals surface area (Å²) in [5, 5.41) is 4.91. The maximum atomic E-state index is 5.20. The van der Waals surface area contributed by atoms with E-state index >= 15 is 0 Å². The lowest BCUT2D eigenvalue weighted by Crippen LogP contribution is -2.02. The van der Waals surface area contributed by atoms with Gasteiger partial charge >= 0.3 is 0 Å². The molecule has 4 nitrogen and oxygen atoms in total. The molecule has 55 heavy (non-hydrogen) atoms. The molecule has 2 aliphatic rings. The van der Waals surface area contributed by atoms with Gasteiger partial charge in [0.15, 0.2) is 5.82 Å². The number of hydrogen-bond donors (Lipinski definition) is 0. The molecule has 0 bridgehead atoms. The summed E-state index contributed by atoms with van der Waals surface area (Å²) >= 11 is 0. The Hall–Kier alpha value is -7.04. The second kappa shape index (κ2) is 11.7. The number of allylic oxidation sites excluding steroid dienone is 1. The minimum atomic E-state index is 0.753. The standard InChI is InChI=1S/C51H34N4/c1-3-14-32(15-4-1)50-40-20-7-10-22-44(40)52-51(53-50)33-26-27-36-34(28-33)29-41-37(36)21-13-25-47(41)55-46-24-12-9-19-39(46)43-30-48-42(31-49(43)55)38-18-8-11-23-45(38)54(48)35-16-5-2-6-17-35/h1-10,12-22,24-28,30-31H,11,23,29H2. The second-order valence-corrected chi connectivity index (χ2v) is 14.8. The van der Waals surface area contributed by atoms with Crippen molar-refractivity contribution in [3.8, 4) is 45.1 Å². The zero-order valence-electron chi connectivity index (χ0n) is 30.1. The van der Waals surface area contributed by atoms with Crippen molar-refractivity contribution in [3.63, 3.8) is 0 Å². The van der Waals surface area contributed by atoms with Crippen molar-refractivity contribution < 1.29 is 0 Å². The molecule has 0 atom stereocenters. The molecular formula is C51H34N4. The van der Waals surface area contributed by atoms with Crippen molar-refractivity contribution in [2.75, 3.05) is 0 Å². The highest BCUT2D eigenvalue weighted by Crippen LogP contribution is 2.45. The van der Waals surface area contributed by atoms with Gasteiger partial charge < -0.3 is 9.13 Å². The van der Waals surface area contributed by atoms with E-state index in [0.717, 1.165) is 52.8 Å². The van der Waals surface area contributed by atoms with Gasteiger partial charge in [-0.1, -0.05) is 121 Å². The Morgan fingerprint density at radius 2 is 1.27 bits per heavy atom. The van der Waals surface area contributed by atoms with Crippen molar-refractivity contribution in [1.82, 2.24) is 19.1 Å². The molecule has 0 amide bonds. The average molecular weight is 703 g/mol. The Morgan fingerprint density at radius 3 is 2.16 bits per heavy atom. The molecule has 3 heterocycles. The maximum Gasteiger partial charge on any atom is 0.160 e. The molecule has 2 aliphatic carbocycles. The summed E-state index contributed by atoms with van der Waals surface area (Å²) in [5.41, 5.74) is 18.2. The van der Waals surface area contributed by atoms with Crippen LogP contribution >= 0.6 is 0 Å². The van der Waals surface area contributed by atoms with Crippen LogP contribution in [0.25, 0.3) is 94.8 Å². The topological polar surface area (TPSA) is 35.6 Å². The molecule has 3 aromatic heterocycles. The Bertz CT molecular complexity index is 3220. The Labute approximate surface area is 318 Å². The molecule has 258 valence electrons. The highest BCUT2D eigenvalue weighted by Gasteiger charge is 2.26. The first-order chi connectivity index (χ1) is 27.3. The number of para-hydroxylation sites is 3. The maximum absolute atomic E-state index is 5.20. The predicted octanol–water partition coefficient (Wildman–Crippen LogP) is 12.5. The van der Waals surface area contributed by atoms with Crippen LogP contribution in [-0.2, 0) is 12.8 Å². The van der Waals surface area contributed by atoms with Gasteiger partial charge in [-0.25, -0.2) is 9.97 Å². The van der Waals surface area contributed by atoms with E-state index in [0.29, 0.717) is 0 Å². The fraction of sp³-hybridized carbons (Fsp3) is 0.0588. The summed E-state index contributed by atoms with van der Waals surface area (Å²) in [7, 11) is 0. The minimum Gasteiger partial charge on any atom is -0.313 e. The van der Waals surface area contributed by atoms with Crippen molar-refractivity contribution in [3.05, 3.63) is 186 Å². The van der Waals surface area contributed by atoms with Crippen molar-refractivity contribution >= 4 is 49.7 Å². The third kappa shape index (κ3) is 4.52. The van der Waals surface area contributed by atoms with Gasteiger partial charge in [0.2, 0.25) is 0 Å². The molecule has 0 aliphatic heterocycles. The van der Waals surface area contributed by atoms with Crippen LogP contribution in [-0.4, -0.2) is 19.1 Å². The van der Waals surface area contributed by atoms with Gasteiger partial charge in [-0.2, -0.15) is 0 Å². The van der Waals surface area contributed by atoms with E-state index in [1.807, 2.05) is 6.07 Å². The van der Waals surface area contributed by atoms with Gasteiger partial charge in [-0.15, -0.1) is 0 Å². The number of nitrogens with zero attached hydrogens (tertiary/aromatic N) is 4. The zero-order valence-corrected chi connectivity index (χ0v) is 30.1. The van der Waals surface area contributed by atoms with Gasteiger partial charge in [0, 0.05) is 56.0 Å². The van der Waals surface area contributed by atoms with Gasteiger partial charge in [0.1, 0.15) is 0 Å². The highest BCUT2D eigenvalue weighted by atomic mass is 15.0. The van der Waals surface area contributed by atoms with Crippen LogP contribution in [0.3, 0.4) is 0 Å². The number of rotatable bonds is 4. The number of benzene rings is 7. The first-order valence-corrected chi connectivity index (χ1v) is 19.2. The summed E-state index contributed by atoms with van der Waals surface area (Å²) in [5.74, 6) is 0.753. The van der Waals surface area contributed by atoms with Crippen LogP contribution in [0.2, 0.25) is 0 Å². The molecule has 4 heteroatoms. The first kappa shape index (κ1) is 30.4. The summed E-state index contributed by atoms with van der Waals surface area (Å²) < 4.78 is 5.02. The van der Waals surface area contributed by atoms with Crippen LogP contribution in [0.4, 0.5) is 0 Å². The molecular weight excluding hydrogens is 669 g/mol. The molecule has 0 unspecified atom stereocenters. The van der Waals surface area contributed by atoms with Gasteiger partial charge in [0.25, 0.3) is 0 Å². The average Bonchev–Trinajstić information content (AvgIpc) is 3.90. The third-order valence-electron chi connectivity index (χ3n) is 11.8. The summed E-state index contributed by atoms with van der Waals surface area (Å²) in [4.78, 5) is 10.3. The molecule has 0 N–H and O–H groups in total. The Morgan fingerprint density at radius 1 is 0.509 bits per heavy atom. The largest absolute Gasteiger partial charge is 0.313 e. The van der Waals surface area contributed by atoms with Crippen molar-refractivity contribution in [2.45, 2.75) is 19.3 Å². The van der Waals surface area contributed by atoms with E-state index in [9.17, 15) is 0 Å². The fourth-order valence-electron chi connectivity index (χ4n) is 9.39. The van der Waals surface area contributed by atoms with Crippen molar-refractivity contribution in [2.24, 2.45) is 0 Å². The smallest absolute Gasteiger partial charge is 0.160 e. The van der Waals surface area contributed by atoms with Crippen LogP contribution in [0.15, 0.2) is 164 Å². The van der Waals surface area contributed by atoms with E-state index in [4.69, 9.17) is 9.97 Å². The van der Waals surface area contributed by atoms with Crippen LogP contribution in [0, 0.1) is 0 Å². The molecule has 0 fully saturated rings. The SMILES string of the molecule is C1=Cc2c(n(-c3ccccc3)c3cc4c5ccccc5n(-c5cccc6c5Cc5cc(-c7nc(-c8ccccc8)c8ccccc8n7)ccc5-6)c4cc23)CC1. The minimum absolute atomic E-state index is 0.753. The predicted molar refractivity (Wildman–Crippen MR) is 227 cm³/mol. The first-order valence-electron chi connectivity index (χ1n) is 19.2. The lowest BCUT2D eigenvalue weighted by atomic mass is 10.0. The Kier molecular flexibility index (Phi) is 6.49. The molecule has 12 rings (SSSR count). The van der Waals surface area contributed by atoms with E-state index < -0.39 is 0 Å². The number of aromatic nitrogens is 4. The normalized spacial score (nSPS) is 13.2. The van der Waals surface area contributed by atoms with E-state index in [1.165, 1.54) is 77.6 Å². The summed E-state index contributed by atoms with van der Waals surface area (Å²) in [6.07, 6.45) is 7.61. The molecule has 0 radical (unpaired) electrons. The molecule has 0 spiro atoms. The van der Waals surface area contributed by atoms with Crippen LogP contribution in [0.5, 0.6) is 0 Å². The molecule has 10 aromatic rings. The molecule has 7 aromatic carbocycles. The van der Waals surface area contributed by atoms with Crippen molar-refractivity contribution in [1.29, 1.82) is 0 Å². The molecule has 0 saturated heterocycles. The van der Waals surface area contributed by atoms with E-state index in [2.05, 4.69) is 173 Å². The van der Waals surface area contributed by atoms with Crippen LogP contribution in [0.1, 0.15) is 28.8 Å². The van der Waals surface area contributed by atoms with Gasteiger partial charge in [0.05, 0.1) is 33.4 Å². The lowest BCUT2D eigenvalue weighted by molar-refractivity contribution is 0.889. The summed E-state index contributed by atoms with van der Waals surface area (Å²) in [6.45, 7) is 0. The lowest BCUT2D eigenvalue weighted by Gasteiger charge is -2.13. The molecule has 0 saturated carbocycles. The van der Waals surface area contributed by atoms with E-state index in [-0.39, 0.29) is 0 Å². The van der Waals surface area contributed by atoms with Crippen LogP contribution < -0.4 is 0 Å². The Balaban J connectivity index is 1.03. The quantitative estimate of drug-likeness (QED) is 0.183. The van der Waals surface area contributed by atoms with Gasteiger partial charge in [-0.05, 0) is 83.6 Å². The number of fused-ring (bicyclic) bond motifs is 10. The monoisotopic (exact) mass is 702 g/mol. The van der Waals surface area contributed by atoms with Gasteiger partial charge in [-0.3, -0.25) is 0 Å². The zero-order chi connectivity index (χ0) is 36.0. The highest BCUT2D eigenvalue weighted by molar-refractivity contribution is 6.15. The third-order valence-corrected chi connectivity index (χ3v) is 11.8. The number of hydrogen-bond acceptors (Lipinski definition) is 2. The fourth-order valence-corrected chi connectivity index (χ4v) is 9.39. The second-order valence-electron chi connectivity index (χ2n) is 14.8. The summed E-state index contributed by atoms with van der Waals surface area (Å²) in [6, 6.07) is 57.1. The van der Waals surface area contributed by atoms with E-state index in [1.54, 1.807) is 0 Å².